The quantitative estimate of drug-likeness (QED) is 0.877. The Morgan fingerprint density at radius 3 is 3.25 bits per heavy atom. The molecule has 1 unspecified atom stereocenters. The molecule has 4 rings (SSSR count). The van der Waals surface area contributed by atoms with E-state index < -0.39 is 0 Å². The van der Waals surface area contributed by atoms with Crippen molar-refractivity contribution in [2.45, 2.75) is 25.7 Å². The number of nitrogens with two attached hydrogens (primary N) is 1. The first-order valence-electron chi connectivity index (χ1n) is 7.44. The minimum absolute atomic E-state index is 0.454. The van der Waals surface area contributed by atoms with Crippen LogP contribution in [0.5, 0.6) is 0 Å². The first kappa shape index (κ1) is 11.9. The van der Waals surface area contributed by atoms with Gasteiger partial charge in [0.15, 0.2) is 0 Å². The summed E-state index contributed by atoms with van der Waals surface area (Å²) >= 11 is 0. The molecule has 0 saturated heterocycles. The molecule has 1 aliphatic heterocycles. The van der Waals surface area contributed by atoms with E-state index in [9.17, 15) is 0 Å². The Morgan fingerprint density at radius 1 is 1.40 bits per heavy atom. The Kier molecular flexibility index (Phi) is 2.74. The van der Waals surface area contributed by atoms with Gasteiger partial charge >= 0.3 is 0 Å². The van der Waals surface area contributed by atoms with E-state index in [-0.39, 0.29) is 0 Å². The number of aliphatic imine (C=N–C) groups is 1. The number of rotatable bonds is 2. The Balaban J connectivity index is 1.92. The van der Waals surface area contributed by atoms with E-state index in [4.69, 9.17) is 10.7 Å². The third-order valence-corrected chi connectivity index (χ3v) is 4.48. The second-order valence-electron chi connectivity index (χ2n) is 5.70. The highest BCUT2D eigenvalue weighted by Gasteiger charge is 2.26. The van der Waals surface area contributed by atoms with Crippen molar-refractivity contribution in [3.63, 3.8) is 0 Å². The predicted molar refractivity (Wildman–Crippen MR) is 83.4 cm³/mol. The van der Waals surface area contributed by atoms with Crippen LogP contribution in [0.15, 0.2) is 41.2 Å². The molecular weight excluding hydrogens is 246 g/mol. The van der Waals surface area contributed by atoms with Crippen LogP contribution in [0.2, 0.25) is 0 Å². The van der Waals surface area contributed by atoms with Crippen molar-refractivity contribution in [1.29, 1.82) is 0 Å². The van der Waals surface area contributed by atoms with Gasteiger partial charge in [-0.25, -0.2) is 0 Å². The number of aromatic nitrogens is 1. The van der Waals surface area contributed by atoms with Crippen LogP contribution in [-0.2, 0) is 6.42 Å². The molecule has 0 fully saturated rings. The molecule has 0 saturated carbocycles. The largest absolute Gasteiger partial charge is 0.330 e. The molecule has 3 nitrogen and oxygen atoms in total. The molecule has 0 amide bonds. The third-order valence-electron chi connectivity index (χ3n) is 4.48. The van der Waals surface area contributed by atoms with Crippen molar-refractivity contribution in [1.82, 2.24) is 4.57 Å². The molecule has 20 heavy (non-hydrogen) atoms. The summed E-state index contributed by atoms with van der Waals surface area (Å²) < 4.78 is 2.32. The van der Waals surface area contributed by atoms with Crippen molar-refractivity contribution >= 4 is 17.5 Å². The Hall–Kier alpha value is -1.87. The van der Waals surface area contributed by atoms with Crippen LogP contribution in [0, 0.1) is 5.92 Å². The Bertz CT molecular complexity index is 670. The number of aryl methyl sites for hydroxylation is 1. The molecule has 2 N–H and O–H groups in total. The summed E-state index contributed by atoms with van der Waals surface area (Å²) in [5, 5.41) is 0. The molecule has 0 spiro atoms. The van der Waals surface area contributed by atoms with E-state index in [0.717, 1.165) is 32.2 Å². The summed E-state index contributed by atoms with van der Waals surface area (Å²) in [4.78, 5) is 4.82. The van der Waals surface area contributed by atoms with Gasteiger partial charge in [0.2, 0.25) is 0 Å². The highest BCUT2D eigenvalue weighted by atomic mass is 15.0. The fourth-order valence-corrected chi connectivity index (χ4v) is 3.51. The first-order chi connectivity index (χ1) is 9.88. The average molecular weight is 265 g/mol. The maximum atomic E-state index is 5.77. The van der Waals surface area contributed by atoms with Gasteiger partial charge in [-0.15, -0.1) is 0 Å². The standard InChI is InChI=1S/C17H19N3/c18-9-7-12-3-2-6-15-16(12)19-11-14-5-1-4-13-8-10-20(15)17(13)14/h2,5-6,8,10-12H,1,3-4,7,9,18H2. The third kappa shape index (κ3) is 1.66. The van der Waals surface area contributed by atoms with Crippen LogP contribution in [0.25, 0.3) is 11.3 Å². The number of hydrogen-bond donors (Lipinski definition) is 1. The Labute approximate surface area is 119 Å². The van der Waals surface area contributed by atoms with Gasteiger partial charge < -0.3 is 10.3 Å². The van der Waals surface area contributed by atoms with Crippen LogP contribution < -0.4 is 5.73 Å². The lowest BCUT2D eigenvalue weighted by molar-refractivity contribution is 0.565. The van der Waals surface area contributed by atoms with Gasteiger partial charge in [-0.05, 0) is 49.9 Å². The van der Waals surface area contributed by atoms with Gasteiger partial charge in [-0.2, -0.15) is 0 Å². The van der Waals surface area contributed by atoms with Gasteiger partial charge in [0, 0.05) is 23.9 Å². The molecule has 2 aliphatic carbocycles. The predicted octanol–water partition coefficient (Wildman–Crippen LogP) is 3.00. The van der Waals surface area contributed by atoms with E-state index in [2.05, 4.69) is 41.3 Å². The second-order valence-corrected chi connectivity index (χ2v) is 5.70. The molecule has 102 valence electrons. The molecule has 0 radical (unpaired) electrons. The molecule has 1 atom stereocenters. The maximum absolute atomic E-state index is 5.77. The molecule has 1 aromatic heterocycles. The topological polar surface area (TPSA) is 43.3 Å². The van der Waals surface area contributed by atoms with Crippen molar-refractivity contribution in [2.75, 3.05) is 6.54 Å². The van der Waals surface area contributed by atoms with Crippen molar-refractivity contribution in [3.8, 4) is 0 Å². The van der Waals surface area contributed by atoms with Crippen LogP contribution in [0.3, 0.4) is 0 Å². The fourth-order valence-electron chi connectivity index (χ4n) is 3.51. The molecule has 1 aromatic rings. The molecular formula is C17H19N3. The maximum Gasteiger partial charge on any atom is 0.0678 e. The molecule has 0 aromatic carbocycles. The molecule has 3 heteroatoms. The normalized spacial score (nSPS) is 23.2. The van der Waals surface area contributed by atoms with Gasteiger partial charge in [0.1, 0.15) is 0 Å². The van der Waals surface area contributed by atoms with E-state index in [0.29, 0.717) is 5.92 Å². The van der Waals surface area contributed by atoms with Crippen LogP contribution >= 0.6 is 0 Å². The number of fused-ring (bicyclic) bond motifs is 1. The highest BCUT2D eigenvalue weighted by Crippen LogP contribution is 2.38. The fraction of sp³-hybridized carbons (Fsp3) is 0.353. The number of nitrogens with zero attached hydrogens (tertiary/aromatic N) is 2. The van der Waals surface area contributed by atoms with Crippen molar-refractivity contribution in [2.24, 2.45) is 16.6 Å². The van der Waals surface area contributed by atoms with Crippen LogP contribution in [-0.4, -0.2) is 17.3 Å². The monoisotopic (exact) mass is 265 g/mol. The second kappa shape index (κ2) is 4.60. The summed E-state index contributed by atoms with van der Waals surface area (Å²) in [6.07, 6.45) is 15.4. The lowest BCUT2D eigenvalue weighted by atomic mass is 9.92. The van der Waals surface area contributed by atoms with Gasteiger partial charge in [-0.1, -0.05) is 12.2 Å². The van der Waals surface area contributed by atoms with Crippen LogP contribution in [0.4, 0.5) is 0 Å². The van der Waals surface area contributed by atoms with Gasteiger partial charge in [0.05, 0.1) is 17.1 Å². The number of allylic oxidation sites excluding steroid dienone is 6. The summed E-state index contributed by atoms with van der Waals surface area (Å²) in [7, 11) is 0. The number of hydrogen-bond acceptors (Lipinski definition) is 2. The summed E-state index contributed by atoms with van der Waals surface area (Å²) in [5.41, 5.74) is 12.2. The molecule has 3 aliphatic rings. The van der Waals surface area contributed by atoms with E-state index in [1.807, 2.05) is 0 Å². The van der Waals surface area contributed by atoms with Gasteiger partial charge in [0.25, 0.3) is 0 Å². The average Bonchev–Trinajstić information content (AvgIpc) is 2.82. The van der Waals surface area contributed by atoms with E-state index >= 15 is 0 Å². The van der Waals surface area contributed by atoms with Crippen molar-refractivity contribution in [3.05, 3.63) is 47.4 Å². The minimum Gasteiger partial charge on any atom is -0.330 e. The lowest BCUT2D eigenvalue weighted by Crippen LogP contribution is -2.14. The molecule has 0 bridgehead atoms. The minimum atomic E-state index is 0.454. The summed E-state index contributed by atoms with van der Waals surface area (Å²) in [6.45, 7) is 0.720. The SMILES string of the molecule is NCCC1CC=CC2=C1N=CC1=CCCc3ccn2c31. The Morgan fingerprint density at radius 2 is 2.35 bits per heavy atom. The van der Waals surface area contributed by atoms with E-state index in [1.165, 1.54) is 28.2 Å². The molecule has 2 heterocycles. The smallest absolute Gasteiger partial charge is 0.0678 e. The summed E-state index contributed by atoms with van der Waals surface area (Å²) in [6, 6.07) is 2.26. The first-order valence-corrected chi connectivity index (χ1v) is 7.44. The lowest BCUT2D eigenvalue weighted by Gasteiger charge is -2.22. The zero-order chi connectivity index (χ0) is 13.5. The summed E-state index contributed by atoms with van der Waals surface area (Å²) in [5.74, 6) is 0.454. The van der Waals surface area contributed by atoms with Gasteiger partial charge in [-0.3, -0.25) is 4.99 Å². The zero-order valence-corrected chi connectivity index (χ0v) is 11.5. The van der Waals surface area contributed by atoms with E-state index in [1.54, 1.807) is 0 Å². The zero-order valence-electron chi connectivity index (χ0n) is 11.5. The highest BCUT2D eigenvalue weighted by molar-refractivity contribution is 6.12. The van der Waals surface area contributed by atoms with Crippen molar-refractivity contribution < 1.29 is 0 Å². The van der Waals surface area contributed by atoms with Crippen LogP contribution in [0.1, 0.15) is 30.5 Å².